The molecule has 6 heteroatoms. The fourth-order valence-corrected chi connectivity index (χ4v) is 2.91. The number of nitrogens with one attached hydrogen (secondary N) is 1. The van der Waals surface area contributed by atoms with Gasteiger partial charge in [0.25, 0.3) is 5.91 Å². The van der Waals surface area contributed by atoms with E-state index in [2.05, 4.69) is 15.3 Å². The summed E-state index contributed by atoms with van der Waals surface area (Å²) < 4.78 is 0. The minimum atomic E-state index is -0.804. The van der Waals surface area contributed by atoms with Crippen LogP contribution in [0.5, 0.6) is 0 Å². The van der Waals surface area contributed by atoms with Crippen LogP contribution < -0.4 is 5.32 Å². The SMILES string of the molecule is Cc1cnc(C(=O)NCC2(CC(=O)O)CCCCC2)cn1. The standard InChI is InChI=1S/C15H21N3O3/c1-11-8-17-12(9-16-11)14(21)18-10-15(7-13(19)20)5-3-2-4-6-15/h8-9H,2-7,10H2,1H3,(H,18,21)(H,19,20). The summed E-state index contributed by atoms with van der Waals surface area (Å²) in [6.45, 7) is 2.19. The van der Waals surface area contributed by atoms with E-state index >= 15 is 0 Å². The van der Waals surface area contributed by atoms with Gasteiger partial charge in [-0.05, 0) is 25.2 Å². The minimum absolute atomic E-state index is 0.104. The summed E-state index contributed by atoms with van der Waals surface area (Å²) in [7, 11) is 0. The molecule has 1 amide bonds. The van der Waals surface area contributed by atoms with E-state index in [-0.39, 0.29) is 23.4 Å². The van der Waals surface area contributed by atoms with Crippen LogP contribution in [0.3, 0.4) is 0 Å². The predicted octanol–water partition coefficient (Wildman–Crippen LogP) is 1.94. The normalized spacial score (nSPS) is 17.2. The zero-order chi connectivity index (χ0) is 15.3. The molecule has 1 aliphatic rings. The molecule has 0 atom stereocenters. The van der Waals surface area contributed by atoms with Crippen molar-refractivity contribution in [1.29, 1.82) is 0 Å². The maximum atomic E-state index is 12.1. The van der Waals surface area contributed by atoms with Gasteiger partial charge in [0.1, 0.15) is 5.69 Å². The Hall–Kier alpha value is -1.98. The lowest BCUT2D eigenvalue weighted by Gasteiger charge is -2.36. The third kappa shape index (κ3) is 4.24. The maximum absolute atomic E-state index is 12.1. The third-order valence-corrected chi connectivity index (χ3v) is 4.08. The van der Waals surface area contributed by atoms with E-state index in [9.17, 15) is 9.59 Å². The molecule has 2 rings (SSSR count). The van der Waals surface area contributed by atoms with Gasteiger partial charge in [0.15, 0.2) is 0 Å². The topological polar surface area (TPSA) is 92.2 Å². The summed E-state index contributed by atoms with van der Waals surface area (Å²) in [5.41, 5.74) is 0.695. The van der Waals surface area contributed by atoms with E-state index < -0.39 is 5.97 Å². The molecule has 1 aromatic heterocycles. The second kappa shape index (κ2) is 6.65. The van der Waals surface area contributed by atoms with Crippen LogP contribution in [0.4, 0.5) is 0 Å². The Labute approximate surface area is 124 Å². The zero-order valence-electron chi connectivity index (χ0n) is 12.3. The second-order valence-corrected chi connectivity index (χ2v) is 5.86. The average molecular weight is 291 g/mol. The van der Waals surface area contributed by atoms with Gasteiger partial charge in [-0.25, -0.2) is 4.98 Å². The Morgan fingerprint density at radius 2 is 1.95 bits per heavy atom. The predicted molar refractivity (Wildman–Crippen MR) is 76.9 cm³/mol. The number of carboxylic acid groups (broad SMARTS) is 1. The number of aromatic nitrogens is 2. The Kier molecular flexibility index (Phi) is 4.88. The van der Waals surface area contributed by atoms with E-state index in [1.807, 2.05) is 0 Å². The van der Waals surface area contributed by atoms with Gasteiger partial charge in [-0.1, -0.05) is 19.3 Å². The van der Waals surface area contributed by atoms with E-state index in [1.165, 1.54) is 6.20 Å². The molecule has 0 aromatic carbocycles. The molecule has 0 unspecified atom stereocenters. The summed E-state index contributed by atoms with van der Waals surface area (Å²) in [4.78, 5) is 31.2. The number of carbonyl (C=O) groups excluding carboxylic acids is 1. The van der Waals surface area contributed by atoms with Crippen LogP contribution in [0.1, 0.15) is 54.7 Å². The summed E-state index contributed by atoms with van der Waals surface area (Å²) >= 11 is 0. The van der Waals surface area contributed by atoms with Crippen LogP contribution in [0.2, 0.25) is 0 Å². The third-order valence-electron chi connectivity index (χ3n) is 4.08. The van der Waals surface area contributed by atoms with Crippen molar-refractivity contribution < 1.29 is 14.7 Å². The van der Waals surface area contributed by atoms with Crippen molar-refractivity contribution in [3.05, 3.63) is 23.8 Å². The molecule has 0 spiro atoms. The van der Waals surface area contributed by atoms with Crippen molar-refractivity contribution in [2.75, 3.05) is 6.54 Å². The number of rotatable bonds is 5. The fraction of sp³-hybridized carbons (Fsp3) is 0.600. The highest BCUT2D eigenvalue weighted by molar-refractivity contribution is 5.91. The first kappa shape index (κ1) is 15.4. The van der Waals surface area contributed by atoms with Crippen LogP contribution in [0.15, 0.2) is 12.4 Å². The molecule has 114 valence electrons. The highest BCUT2D eigenvalue weighted by Crippen LogP contribution is 2.38. The van der Waals surface area contributed by atoms with Crippen LogP contribution in [-0.4, -0.2) is 33.5 Å². The molecular weight excluding hydrogens is 270 g/mol. The van der Waals surface area contributed by atoms with Crippen molar-refractivity contribution in [2.45, 2.75) is 45.4 Å². The number of hydrogen-bond acceptors (Lipinski definition) is 4. The quantitative estimate of drug-likeness (QED) is 0.865. The van der Waals surface area contributed by atoms with Gasteiger partial charge < -0.3 is 10.4 Å². The monoisotopic (exact) mass is 291 g/mol. The lowest BCUT2D eigenvalue weighted by Crippen LogP contribution is -2.40. The molecule has 1 heterocycles. The van der Waals surface area contributed by atoms with Gasteiger partial charge in [0.05, 0.1) is 18.3 Å². The lowest BCUT2D eigenvalue weighted by molar-refractivity contribution is -0.140. The van der Waals surface area contributed by atoms with Gasteiger partial charge in [-0.3, -0.25) is 14.6 Å². The summed E-state index contributed by atoms with van der Waals surface area (Å²) in [5.74, 6) is -1.10. The van der Waals surface area contributed by atoms with E-state index in [4.69, 9.17) is 5.11 Å². The Bertz CT molecular complexity index is 507. The number of carboxylic acids is 1. The number of nitrogens with zero attached hydrogens (tertiary/aromatic N) is 2. The van der Waals surface area contributed by atoms with E-state index in [1.54, 1.807) is 13.1 Å². The Morgan fingerprint density at radius 3 is 2.52 bits per heavy atom. The van der Waals surface area contributed by atoms with Crippen LogP contribution >= 0.6 is 0 Å². The highest BCUT2D eigenvalue weighted by atomic mass is 16.4. The van der Waals surface area contributed by atoms with Crippen LogP contribution in [0.25, 0.3) is 0 Å². The maximum Gasteiger partial charge on any atom is 0.303 e. The average Bonchev–Trinajstić information content (AvgIpc) is 2.46. The van der Waals surface area contributed by atoms with Crippen LogP contribution in [0, 0.1) is 12.3 Å². The number of hydrogen-bond donors (Lipinski definition) is 2. The number of aryl methyl sites for hydroxylation is 1. The minimum Gasteiger partial charge on any atom is -0.481 e. The molecule has 0 aliphatic heterocycles. The van der Waals surface area contributed by atoms with Crippen molar-refractivity contribution in [2.24, 2.45) is 5.41 Å². The molecule has 0 radical (unpaired) electrons. The first-order valence-corrected chi connectivity index (χ1v) is 7.29. The molecule has 1 fully saturated rings. The smallest absolute Gasteiger partial charge is 0.303 e. The Balaban J connectivity index is 1.99. The van der Waals surface area contributed by atoms with Crippen LogP contribution in [-0.2, 0) is 4.79 Å². The first-order chi connectivity index (χ1) is 10.0. The molecular formula is C15H21N3O3. The molecule has 21 heavy (non-hydrogen) atoms. The fourth-order valence-electron chi connectivity index (χ4n) is 2.91. The van der Waals surface area contributed by atoms with Crippen molar-refractivity contribution >= 4 is 11.9 Å². The number of aliphatic carboxylic acids is 1. The Morgan fingerprint density at radius 1 is 1.24 bits per heavy atom. The van der Waals surface area contributed by atoms with Crippen molar-refractivity contribution in [1.82, 2.24) is 15.3 Å². The summed E-state index contributed by atoms with van der Waals surface area (Å²) in [6, 6.07) is 0. The van der Waals surface area contributed by atoms with Gasteiger partial charge >= 0.3 is 5.97 Å². The van der Waals surface area contributed by atoms with E-state index in [0.717, 1.165) is 37.8 Å². The van der Waals surface area contributed by atoms with Gasteiger partial charge in [0.2, 0.25) is 0 Å². The van der Waals surface area contributed by atoms with Gasteiger partial charge in [-0.15, -0.1) is 0 Å². The summed E-state index contributed by atoms with van der Waals surface area (Å²) in [6.07, 6.45) is 7.96. The second-order valence-electron chi connectivity index (χ2n) is 5.86. The molecule has 1 aromatic rings. The zero-order valence-corrected chi connectivity index (χ0v) is 12.3. The molecule has 6 nitrogen and oxygen atoms in total. The first-order valence-electron chi connectivity index (χ1n) is 7.29. The molecule has 1 saturated carbocycles. The van der Waals surface area contributed by atoms with Gasteiger partial charge in [-0.2, -0.15) is 0 Å². The van der Waals surface area contributed by atoms with Crippen molar-refractivity contribution in [3.63, 3.8) is 0 Å². The molecule has 0 bridgehead atoms. The summed E-state index contributed by atoms with van der Waals surface area (Å²) in [5, 5.41) is 11.9. The van der Waals surface area contributed by atoms with E-state index in [0.29, 0.717) is 6.54 Å². The molecule has 1 aliphatic carbocycles. The number of amides is 1. The number of carbonyl (C=O) groups is 2. The molecule has 2 N–H and O–H groups in total. The lowest BCUT2D eigenvalue weighted by atomic mass is 9.71. The van der Waals surface area contributed by atoms with Crippen molar-refractivity contribution in [3.8, 4) is 0 Å². The largest absolute Gasteiger partial charge is 0.481 e. The highest BCUT2D eigenvalue weighted by Gasteiger charge is 2.34. The molecule has 0 saturated heterocycles. The van der Waals surface area contributed by atoms with Gasteiger partial charge in [0, 0.05) is 12.7 Å².